The van der Waals surface area contributed by atoms with Crippen molar-refractivity contribution in [3.63, 3.8) is 0 Å². The molecule has 6 heteroatoms. The van der Waals surface area contributed by atoms with E-state index in [2.05, 4.69) is 5.32 Å². The number of hydrogen-bond acceptors (Lipinski definition) is 4. The molecule has 1 saturated carbocycles. The number of rotatable bonds is 3. The zero-order valence-corrected chi connectivity index (χ0v) is 12.6. The highest BCUT2D eigenvalue weighted by atomic mass is 16.6. The zero-order chi connectivity index (χ0) is 15.1. The van der Waals surface area contributed by atoms with E-state index >= 15 is 0 Å². The van der Waals surface area contributed by atoms with Gasteiger partial charge in [0.1, 0.15) is 11.1 Å². The van der Waals surface area contributed by atoms with Gasteiger partial charge in [0.15, 0.2) is 0 Å². The van der Waals surface area contributed by atoms with Crippen molar-refractivity contribution in [2.45, 2.75) is 70.2 Å². The van der Waals surface area contributed by atoms with Crippen LogP contribution in [0.15, 0.2) is 0 Å². The Labute approximate surface area is 119 Å². The van der Waals surface area contributed by atoms with Gasteiger partial charge in [0.25, 0.3) is 0 Å². The first-order valence-corrected chi connectivity index (χ1v) is 7.19. The van der Waals surface area contributed by atoms with Crippen molar-refractivity contribution in [2.75, 3.05) is 6.54 Å². The third-order valence-corrected chi connectivity index (χ3v) is 3.83. The van der Waals surface area contributed by atoms with Crippen molar-refractivity contribution >= 4 is 12.0 Å². The lowest BCUT2D eigenvalue weighted by atomic mass is 9.97. The molecule has 2 amide bonds. The molecule has 0 spiro atoms. The standard InChI is InChI=1S/C14H24N2O4/c1-5-6-16-9-7-14(11(16)18,8-10(9)17)15-12(19)20-13(2,3)4/h9-10,17H,5-8H2,1-4H3,(H,15,19)/t9-,10-,14-/m0/s1. The van der Waals surface area contributed by atoms with Crippen LogP contribution in [0.25, 0.3) is 0 Å². The molecule has 2 rings (SSSR count). The fourth-order valence-electron chi connectivity index (χ4n) is 3.15. The Morgan fingerprint density at radius 1 is 1.50 bits per heavy atom. The van der Waals surface area contributed by atoms with Crippen LogP contribution in [0.5, 0.6) is 0 Å². The third kappa shape index (κ3) is 2.61. The van der Waals surface area contributed by atoms with Crippen LogP contribution in [0, 0.1) is 0 Å². The second-order valence-electron chi connectivity index (χ2n) is 6.75. The number of ether oxygens (including phenoxy) is 1. The first-order chi connectivity index (χ1) is 9.18. The number of fused-ring (bicyclic) bond motifs is 2. The van der Waals surface area contributed by atoms with E-state index in [0.717, 1.165) is 6.42 Å². The van der Waals surface area contributed by atoms with Crippen LogP contribution in [0.1, 0.15) is 47.0 Å². The number of aliphatic hydroxyl groups excluding tert-OH is 1. The molecule has 2 bridgehead atoms. The zero-order valence-electron chi connectivity index (χ0n) is 12.6. The van der Waals surface area contributed by atoms with Gasteiger partial charge >= 0.3 is 6.09 Å². The third-order valence-electron chi connectivity index (χ3n) is 3.83. The maximum atomic E-state index is 12.5. The number of alkyl carbamates (subject to hydrolysis) is 1. The number of hydrogen-bond donors (Lipinski definition) is 2. The van der Waals surface area contributed by atoms with Gasteiger partial charge in [-0.3, -0.25) is 4.79 Å². The minimum Gasteiger partial charge on any atom is -0.444 e. The molecule has 20 heavy (non-hydrogen) atoms. The highest BCUT2D eigenvalue weighted by molar-refractivity contribution is 5.93. The molecule has 6 nitrogen and oxygen atoms in total. The first kappa shape index (κ1) is 15.1. The second kappa shape index (κ2) is 4.91. The predicted octanol–water partition coefficient (Wildman–Crippen LogP) is 1.03. The van der Waals surface area contributed by atoms with Crippen molar-refractivity contribution in [3.8, 4) is 0 Å². The smallest absolute Gasteiger partial charge is 0.408 e. The summed E-state index contributed by atoms with van der Waals surface area (Å²) < 4.78 is 5.22. The molecule has 0 aromatic rings. The Bertz CT molecular complexity index is 418. The summed E-state index contributed by atoms with van der Waals surface area (Å²) in [6, 6.07) is -0.183. The maximum Gasteiger partial charge on any atom is 0.408 e. The quantitative estimate of drug-likeness (QED) is 0.811. The van der Waals surface area contributed by atoms with Crippen LogP contribution in [-0.2, 0) is 9.53 Å². The van der Waals surface area contributed by atoms with Crippen LogP contribution in [0.4, 0.5) is 4.79 Å². The molecule has 1 aliphatic carbocycles. The summed E-state index contributed by atoms with van der Waals surface area (Å²) in [5.74, 6) is -0.0968. The summed E-state index contributed by atoms with van der Waals surface area (Å²) in [5.41, 5.74) is -1.59. The predicted molar refractivity (Wildman–Crippen MR) is 73.1 cm³/mol. The van der Waals surface area contributed by atoms with Gasteiger partial charge in [-0.15, -0.1) is 0 Å². The average molecular weight is 284 g/mol. The summed E-state index contributed by atoms with van der Waals surface area (Å²) in [6.07, 6.45) is 0.394. The minimum absolute atomic E-state index is 0.0968. The van der Waals surface area contributed by atoms with Crippen LogP contribution in [0.3, 0.4) is 0 Å². The number of likely N-dealkylation sites (tertiary alicyclic amines) is 1. The molecule has 0 aromatic carbocycles. The lowest BCUT2D eigenvalue weighted by Crippen LogP contribution is -2.58. The molecule has 114 valence electrons. The lowest BCUT2D eigenvalue weighted by Gasteiger charge is -2.35. The number of nitrogens with one attached hydrogen (secondary N) is 1. The topological polar surface area (TPSA) is 78.9 Å². The monoisotopic (exact) mass is 284 g/mol. The minimum atomic E-state index is -0.985. The van der Waals surface area contributed by atoms with E-state index in [1.54, 1.807) is 25.7 Å². The van der Waals surface area contributed by atoms with Gasteiger partial charge < -0.3 is 20.1 Å². The first-order valence-electron chi connectivity index (χ1n) is 7.19. The van der Waals surface area contributed by atoms with Crippen molar-refractivity contribution < 1.29 is 19.4 Å². The van der Waals surface area contributed by atoms with Gasteiger partial charge in [-0.25, -0.2) is 4.79 Å². The van der Waals surface area contributed by atoms with Gasteiger partial charge in [0.2, 0.25) is 5.91 Å². The number of nitrogens with zero attached hydrogens (tertiary/aromatic N) is 1. The average Bonchev–Trinajstić information content (AvgIpc) is 2.71. The van der Waals surface area contributed by atoms with Crippen LogP contribution in [0.2, 0.25) is 0 Å². The summed E-state index contributed by atoms with van der Waals surface area (Å²) in [4.78, 5) is 26.1. The van der Waals surface area contributed by atoms with Crippen molar-refractivity contribution in [1.82, 2.24) is 10.2 Å². The van der Waals surface area contributed by atoms with Gasteiger partial charge in [-0.2, -0.15) is 0 Å². The summed E-state index contributed by atoms with van der Waals surface area (Å²) >= 11 is 0. The fourth-order valence-corrected chi connectivity index (χ4v) is 3.15. The summed E-state index contributed by atoms with van der Waals surface area (Å²) in [5, 5.41) is 12.8. The second-order valence-corrected chi connectivity index (χ2v) is 6.75. The van der Waals surface area contributed by atoms with E-state index in [9.17, 15) is 14.7 Å². The fraction of sp³-hybridized carbons (Fsp3) is 0.857. The van der Waals surface area contributed by atoms with Crippen LogP contribution in [-0.4, -0.2) is 51.8 Å². The Hall–Kier alpha value is -1.30. The summed E-state index contributed by atoms with van der Waals surface area (Å²) in [7, 11) is 0. The molecule has 1 heterocycles. The van der Waals surface area contributed by atoms with Crippen LogP contribution < -0.4 is 5.32 Å². The molecule has 2 N–H and O–H groups in total. The molecule has 0 unspecified atom stereocenters. The van der Waals surface area contributed by atoms with E-state index in [0.29, 0.717) is 13.0 Å². The highest BCUT2D eigenvalue weighted by Gasteiger charge is 2.61. The van der Waals surface area contributed by atoms with E-state index in [1.165, 1.54) is 0 Å². The largest absolute Gasteiger partial charge is 0.444 e. The maximum absolute atomic E-state index is 12.5. The molecule has 2 fully saturated rings. The Morgan fingerprint density at radius 3 is 2.70 bits per heavy atom. The van der Waals surface area contributed by atoms with Crippen molar-refractivity contribution in [1.29, 1.82) is 0 Å². The highest BCUT2D eigenvalue weighted by Crippen LogP contribution is 2.42. The van der Waals surface area contributed by atoms with E-state index in [4.69, 9.17) is 4.74 Å². The number of carbonyl (C=O) groups is 2. The molecule has 1 saturated heterocycles. The van der Waals surface area contributed by atoms with Crippen molar-refractivity contribution in [3.05, 3.63) is 0 Å². The van der Waals surface area contributed by atoms with Crippen LogP contribution >= 0.6 is 0 Å². The van der Waals surface area contributed by atoms with Gasteiger partial charge in [-0.05, 0) is 27.2 Å². The lowest BCUT2D eigenvalue weighted by molar-refractivity contribution is -0.140. The van der Waals surface area contributed by atoms with E-state index in [1.807, 2.05) is 6.92 Å². The molecule has 0 aromatic heterocycles. The normalized spacial score (nSPS) is 32.6. The molecular weight excluding hydrogens is 260 g/mol. The Kier molecular flexibility index (Phi) is 3.71. The van der Waals surface area contributed by atoms with Gasteiger partial charge in [0.05, 0.1) is 12.1 Å². The number of piperidine rings is 1. The van der Waals surface area contributed by atoms with E-state index in [-0.39, 0.29) is 18.4 Å². The number of carbonyl (C=O) groups excluding carboxylic acids is 2. The molecule has 0 radical (unpaired) electrons. The van der Waals surface area contributed by atoms with E-state index < -0.39 is 23.3 Å². The Balaban J connectivity index is 2.10. The number of amides is 2. The molecule has 2 aliphatic rings. The number of aliphatic hydroxyl groups is 1. The van der Waals surface area contributed by atoms with Gasteiger partial charge in [0, 0.05) is 19.4 Å². The Morgan fingerprint density at radius 2 is 2.15 bits per heavy atom. The summed E-state index contributed by atoms with van der Waals surface area (Å²) in [6.45, 7) is 7.92. The molecule has 1 aliphatic heterocycles. The van der Waals surface area contributed by atoms with Crippen molar-refractivity contribution in [2.24, 2.45) is 0 Å². The SMILES string of the molecule is CCCN1C(=O)[C@@]2(NC(=O)OC(C)(C)C)C[C@H](O)[C@@H]1C2. The van der Waals surface area contributed by atoms with Gasteiger partial charge in [-0.1, -0.05) is 6.92 Å². The molecule has 3 atom stereocenters. The molecular formula is C14H24N2O4.